The second kappa shape index (κ2) is 40.2. The van der Waals surface area contributed by atoms with E-state index in [-0.39, 0.29) is 18.9 Å². The van der Waals surface area contributed by atoms with Gasteiger partial charge in [-0.2, -0.15) is 0 Å². The van der Waals surface area contributed by atoms with Crippen molar-refractivity contribution in [2.45, 2.75) is 205 Å². The van der Waals surface area contributed by atoms with Gasteiger partial charge < -0.3 is 34.0 Å². The van der Waals surface area contributed by atoms with E-state index in [0.29, 0.717) is 30.3 Å². The first-order valence-corrected chi connectivity index (χ1v) is 25.1. The fourth-order valence-corrected chi connectivity index (χ4v) is 7.28. The number of quaternary nitrogens is 1. The van der Waals surface area contributed by atoms with Gasteiger partial charge in [-0.25, -0.2) is 0 Å². The molecule has 4 unspecified atom stereocenters. The second-order valence-corrected chi connectivity index (χ2v) is 18.6. The van der Waals surface area contributed by atoms with Gasteiger partial charge in [0, 0.05) is 6.42 Å². The van der Waals surface area contributed by atoms with Gasteiger partial charge in [0.25, 0.3) is 7.82 Å². The smallest absolute Gasteiger partial charge is 0.268 e. The largest absolute Gasteiger partial charge is 0.756 e. The molecule has 59 heavy (non-hydrogen) atoms. The molecule has 10 heteroatoms. The quantitative estimate of drug-likeness (QED) is 0.0241. The van der Waals surface area contributed by atoms with E-state index in [2.05, 4.69) is 73.0 Å². The zero-order valence-corrected chi connectivity index (χ0v) is 39.4. The molecule has 0 aliphatic rings. The van der Waals surface area contributed by atoms with Crippen LogP contribution in [0.1, 0.15) is 187 Å². The van der Waals surface area contributed by atoms with E-state index in [1.165, 1.54) is 89.9 Å². The van der Waals surface area contributed by atoms with Crippen LogP contribution in [0, 0.1) is 0 Å². The van der Waals surface area contributed by atoms with Crippen LogP contribution < -0.4 is 10.2 Å². The zero-order valence-electron chi connectivity index (χ0n) is 38.5. The number of hydrogen-bond acceptors (Lipinski definition) is 7. The van der Waals surface area contributed by atoms with Gasteiger partial charge in [0.1, 0.15) is 19.3 Å². The molecule has 0 aromatic heterocycles. The molecule has 0 radical (unpaired) electrons. The number of likely N-dealkylation sites (N-methyl/N-ethyl adjacent to an activating group) is 1. The van der Waals surface area contributed by atoms with E-state index >= 15 is 0 Å². The topological polar surface area (TPSA) is 128 Å². The third-order valence-electron chi connectivity index (χ3n) is 10.4. The molecule has 1 amide bonds. The fraction of sp³-hybridized carbons (Fsp3) is 0.776. The lowest BCUT2D eigenvalue weighted by Crippen LogP contribution is -2.51. The Balaban J connectivity index is 4.40. The van der Waals surface area contributed by atoms with Crippen molar-refractivity contribution in [3.8, 4) is 0 Å². The average Bonchev–Trinajstić information content (AvgIpc) is 3.19. The number of phosphoric acid groups is 1. The summed E-state index contributed by atoms with van der Waals surface area (Å²) < 4.78 is 23.1. The van der Waals surface area contributed by atoms with E-state index in [0.717, 1.165) is 57.8 Å². The average molecular weight is 851 g/mol. The molecule has 0 aromatic rings. The fourth-order valence-electron chi connectivity index (χ4n) is 6.56. The van der Waals surface area contributed by atoms with Crippen molar-refractivity contribution in [2.24, 2.45) is 0 Å². The zero-order chi connectivity index (χ0) is 43.7. The number of allylic oxidation sites excluding steroid dienone is 10. The van der Waals surface area contributed by atoms with Crippen molar-refractivity contribution in [2.75, 3.05) is 40.9 Å². The number of aliphatic hydroxyl groups is 2. The Kier molecular flexibility index (Phi) is 39.0. The highest BCUT2D eigenvalue weighted by molar-refractivity contribution is 7.45. The molecule has 0 rings (SSSR count). The second-order valence-electron chi connectivity index (χ2n) is 17.2. The number of carbonyl (C=O) groups is 1. The van der Waals surface area contributed by atoms with Crippen molar-refractivity contribution >= 4 is 13.7 Å². The van der Waals surface area contributed by atoms with Gasteiger partial charge in [-0.1, -0.05) is 151 Å². The predicted molar refractivity (Wildman–Crippen MR) is 248 cm³/mol. The maximum absolute atomic E-state index is 12.9. The molecule has 0 aromatic carbocycles. The molecule has 0 heterocycles. The molecule has 0 aliphatic carbocycles. The Morgan fingerprint density at radius 3 is 1.63 bits per heavy atom. The van der Waals surface area contributed by atoms with Crippen molar-refractivity contribution in [1.82, 2.24) is 5.32 Å². The number of hydrogen-bond donors (Lipinski definition) is 3. The number of carbonyl (C=O) groups excluding carboxylic acids is 1. The summed E-state index contributed by atoms with van der Waals surface area (Å²) in [5, 5.41) is 24.6. The van der Waals surface area contributed by atoms with Crippen LogP contribution in [0.5, 0.6) is 0 Å². The first-order chi connectivity index (χ1) is 28.4. The molecule has 0 bridgehead atoms. The van der Waals surface area contributed by atoms with Gasteiger partial charge in [-0.05, 0) is 90.4 Å². The molecule has 0 aliphatic heterocycles. The number of rotatable bonds is 42. The lowest BCUT2D eigenvalue weighted by molar-refractivity contribution is -0.870. The third-order valence-corrected chi connectivity index (χ3v) is 11.3. The highest BCUT2D eigenvalue weighted by Gasteiger charge is 2.29. The molecule has 344 valence electrons. The molecular weight excluding hydrogens is 760 g/mol. The number of unbranched alkanes of at least 4 members (excludes halogenated alkanes) is 19. The Labute approximate surface area is 363 Å². The first kappa shape index (κ1) is 57.2. The van der Waals surface area contributed by atoms with Crippen LogP contribution >= 0.6 is 7.82 Å². The van der Waals surface area contributed by atoms with Crippen LogP contribution in [-0.4, -0.2) is 79.8 Å². The summed E-state index contributed by atoms with van der Waals surface area (Å²) in [5.74, 6) is -0.300. The summed E-state index contributed by atoms with van der Waals surface area (Å²) >= 11 is 0. The van der Waals surface area contributed by atoms with E-state index in [1.54, 1.807) is 0 Å². The van der Waals surface area contributed by atoms with Gasteiger partial charge in [-0.3, -0.25) is 9.36 Å². The Morgan fingerprint density at radius 2 is 1.10 bits per heavy atom. The maximum Gasteiger partial charge on any atom is 0.268 e. The lowest BCUT2D eigenvalue weighted by atomic mass is 10.0. The van der Waals surface area contributed by atoms with Crippen molar-refractivity contribution in [1.29, 1.82) is 0 Å². The number of nitrogens with zero attached hydrogens (tertiary/aromatic N) is 1. The minimum atomic E-state index is -4.68. The molecule has 0 spiro atoms. The lowest BCUT2D eigenvalue weighted by Gasteiger charge is -2.31. The van der Waals surface area contributed by atoms with E-state index in [1.807, 2.05) is 28.1 Å². The number of nitrogens with one attached hydrogen (secondary N) is 1. The van der Waals surface area contributed by atoms with Crippen molar-refractivity contribution in [3.63, 3.8) is 0 Å². The summed E-state index contributed by atoms with van der Waals surface area (Å²) in [6, 6.07) is -1.10. The summed E-state index contributed by atoms with van der Waals surface area (Å²) in [6.45, 7) is 4.17. The Bertz CT molecular complexity index is 1160. The van der Waals surface area contributed by atoms with E-state index in [4.69, 9.17) is 9.05 Å². The molecule has 3 N–H and O–H groups in total. The van der Waals surface area contributed by atoms with Crippen molar-refractivity contribution < 1.29 is 38.0 Å². The number of phosphoric ester groups is 1. The number of amides is 1. The van der Waals surface area contributed by atoms with Gasteiger partial charge in [0.05, 0.1) is 39.9 Å². The monoisotopic (exact) mass is 851 g/mol. The van der Waals surface area contributed by atoms with Gasteiger partial charge in [0.2, 0.25) is 5.91 Å². The van der Waals surface area contributed by atoms with Crippen LogP contribution in [0.15, 0.2) is 60.8 Å². The first-order valence-electron chi connectivity index (χ1n) is 23.7. The van der Waals surface area contributed by atoms with E-state index < -0.39 is 32.7 Å². The van der Waals surface area contributed by atoms with Crippen molar-refractivity contribution in [3.05, 3.63) is 60.8 Å². The highest BCUT2D eigenvalue weighted by Crippen LogP contribution is 2.38. The highest BCUT2D eigenvalue weighted by atomic mass is 31.2. The van der Waals surface area contributed by atoms with Gasteiger partial charge >= 0.3 is 0 Å². The third kappa shape index (κ3) is 41.3. The van der Waals surface area contributed by atoms with Crippen LogP contribution in [0.2, 0.25) is 0 Å². The molecule has 9 nitrogen and oxygen atoms in total. The van der Waals surface area contributed by atoms with Gasteiger partial charge in [0.15, 0.2) is 0 Å². The standard InChI is InChI=1S/C49H91N2O7P/c1-6-8-10-12-14-16-18-20-21-22-23-24-25-26-27-28-29-30-32-34-36-38-40-42-48(53)50-46(45-58-59(55,56)57-44-43-51(3,4)5)49(54)47(52)41-39-37-35-33-31-19-17-15-13-11-9-7-2/h7,9,15,17-18,20,22-23,33,35,46-47,49,52,54H,6,8,10-14,16,19,21,24-32,34,36-45H2,1-5H3,(H-,50,53,55,56)/b9-7+,17-15+,20-18-,23-22-,35-33+. The minimum Gasteiger partial charge on any atom is -0.756 e. The van der Waals surface area contributed by atoms with E-state index in [9.17, 15) is 24.5 Å². The SMILES string of the molecule is C/C=C/CC/C=C/CC/C=C/CCCC(O)C(O)C(COP(=O)([O-])OCC[N+](C)(C)C)NC(=O)CCCCCCCCCCCCC/C=C\C/C=C\CCCCCCC. The molecular formula is C49H91N2O7P. The maximum atomic E-state index is 12.9. The normalized spacial score (nSPS) is 15.3. The van der Waals surface area contributed by atoms with Gasteiger partial charge in [-0.15, -0.1) is 0 Å². The molecule has 4 atom stereocenters. The van der Waals surface area contributed by atoms with Crippen LogP contribution in [-0.2, 0) is 18.4 Å². The summed E-state index contributed by atoms with van der Waals surface area (Å²) in [7, 11) is 1.08. The number of aliphatic hydroxyl groups excluding tert-OH is 2. The molecule has 0 fully saturated rings. The Morgan fingerprint density at radius 1 is 0.644 bits per heavy atom. The molecule has 0 saturated heterocycles. The van der Waals surface area contributed by atoms with Crippen LogP contribution in [0.3, 0.4) is 0 Å². The minimum absolute atomic E-state index is 0.0527. The molecule has 0 saturated carbocycles. The summed E-state index contributed by atoms with van der Waals surface area (Å²) in [5.41, 5.74) is 0. The summed E-state index contributed by atoms with van der Waals surface area (Å²) in [6.07, 6.45) is 48.5. The Hall–Kier alpha value is -1.84. The summed E-state index contributed by atoms with van der Waals surface area (Å²) in [4.78, 5) is 25.4. The van der Waals surface area contributed by atoms with Crippen LogP contribution in [0.25, 0.3) is 0 Å². The predicted octanol–water partition coefficient (Wildman–Crippen LogP) is 11.8. The van der Waals surface area contributed by atoms with Crippen LogP contribution in [0.4, 0.5) is 0 Å².